The lowest BCUT2D eigenvalue weighted by molar-refractivity contribution is -0.110. The molecule has 1 amide bonds. The second-order valence-corrected chi connectivity index (χ2v) is 8.92. The number of aryl methyl sites for hydroxylation is 1. The van der Waals surface area contributed by atoms with Crippen LogP contribution >= 0.6 is 0 Å². The molecule has 1 aliphatic rings. The molecule has 0 fully saturated rings. The van der Waals surface area contributed by atoms with Crippen LogP contribution in [0.25, 0.3) is 33.7 Å². The van der Waals surface area contributed by atoms with E-state index in [2.05, 4.69) is 77.6 Å². The van der Waals surface area contributed by atoms with Crippen molar-refractivity contribution in [2.45, 2.75) is 26.7 Å². The SMILES string of the molecule is CCN(CC)CCCc1ccc2[nH]c(/C=C3\C(=O)Nc4ccc(-c5ccccc5)cc43)cc2c1. The Bertz CT molecular complexity index is 1350. The zero-order chi connectivity index (χ0) is 23.5. The smallest absolute Gasteiger partial charge is 0.256 e. The Morgan fingerprint density at radius 1 is 0.882 bits per heavy atom. The minimum atomic E-state index is -0.0593. The fraction of sp³-hybridized carbons (Fsp3) is 0.233. The maximum absolute atomic E-state index is 12.8. The lowest BCUT2D eigenvalue weighted by Crippen LogP contribution is -2.24. The lowest BCUT2D eigenvalue weighted by Gasteiger charge is -2.17. The van der Waals surface area contributed by atoms with Gasteiger partial charge >= 0.3 is 0 Å². The number of carbonyl (C=O) groups excluding carboxylic acids is 1. The lowest BCUT2D eigenvalue weighted by atomic mass is 9.99. The van der Waals surface area contributed by atoms with Crippen molar-refractivity contribution in [3.05, 3.63) is 89.6 Å². The summed E-state index contributed by atoms with van der Waals surface area (Å²) >= 11 is 0. The summed E-state index contributed by atoms with van der Waals surface area (Å²) in [7, 11) is 0. The molecule has 0 atom stereocenters. The summed E-state index contributed by atoms with van der Waals surface area (Å²) < 4.78 is 0. The molecule has 4 aromatic rings. The van der Waals surface area contributed by atoms with Crippen LogP contribution in [0.15, 0.2) is 72.8 Å². The summed E-state index contributed by atoms with van der Waals surface area (Å²) in [5, 5.41) is 4.19. The summed E-state index contributed by atoms with van der Waals surface area (Å²) in [5.74, 6) is -0.0593. The molecule has 1 aliphatic heterocycles. The molecule has 1 aromatic heterocycles. The number of nitrogens with one attached hydrogen (secondary N) is 2. The Kier molecular flexibility index (Phi) is 6.33. The first-order valence-corrected chi connectivity index (χ1v) is 12.2. The molecule has 4 nitrogen and oxygen atoms in total. The molecule has 0 aliphatic carbocycles. The van der Waals surface area contributed by atoms with E-state index in [-0.39, 0.29) is 5.91 Å². The van der Waals surface area contributed by atoms with Crippen molar-refractivity contribution in [1.82, 2.24) is 9.88 Å². The third-order valence-electron chi connectivity index (χ3n) is 6.75. The Hall–Kier alpha value is -3.63. The van der Waals surface area contributed by atoms with Gasteiger partial charge in [-0.25, -0.2) is 0 Å². The summed E-state index contributed by atoms with van der Waals surface area (Å²) in [6.45, 7) is 7.78. The molecule has 0 radical (unpaired) electrons. The summed E-state index contributed by atoms with van der Waals surface area (Å²) in [4.78, 5) is 18.7. The maximum atomic E-state index is 12.8. The van der Waals surface area contributed by atoms with E-state index in [0.717, 1.165) is 66.1 Å². The maximum Gasteiger partial charge on any atom is 0.256 e. The fourth-order valence-electron chi connectivity index (χ4n) is 4.78. The molecule has 2 heterocycles. The molecule has 0 saturated heterocycles. The van der Waals surface area contributed by atoms with Gasteiger partial charge in [0.25, 0.3) is 5.91 Å². The third kappa shape index (κ3) is 4.55. The first kappa shape index (κ1) is 22.2. The van der Waals surface area contributed by atoms with Crippen molar-refractivity contribution in [3.8, 4) is 11.1 Å². The molecule has 0 saturated carbocycles. The van der Waals surface area contributed by atoms with Crippen molar-refractivity contribution >= 4 is 34.1 Å². The second-order valence-electron chi connectivity index (χ2n) is 8.92. The van der Waals surface area contributed by atoms with E-state index in [1.807, 2.05) is 30.3 Å². The number of benzene rings is 3. The predicted molar refractivity (Wildman–Crippen MR) is 143 cm³/mol. The molecular formula is C30H31N3O. The van der Waals surface area contributed by atoms with E-state index in [1.54, 1.807) is 0 Å². The number of carbonyl (C=O) groups is 1. The number of rotatable bonds is 8. The molecule has 0 unspecified atom stereocenters. The topological polar surface area (TPSA) is 48.1 Å². The molecule has 5 rings (SSSR count). The average molecular weight is 450 g/mol. The summed E-state index contributed by atoms with van der Waals surface area (Å²) in [6.07, 6.45) is 4.21. The number of nitrogens with zero attached hydrogens (tertiary/aromatic N) is 1. The van der Waals surface area contributed by atoms with Gasteiger partial charge in [-0.05, 0) is 85.6 Å². The van der Waals surface area contributed by atoms with E-state index >= 15 is 0 Å². The predicted octanol–water partition coefficient (Wildman–Crippen LogP) is 6.60. The van der Waals surface area contributed by atoms with E-state index < -0.39 is 0 Å². The van der Waals surface area contributed by atoms with Gasteiger partial charge in [-0.1, -0.05) is 56.3 Å². The highest BCUT2D eigenvalue weighted by Crippen LogP contribution is 2.36. The quantitative estimate of drug-likeness (QED) is 0.298. The zero-order valence-corrected chi connectivity index (χ0v) is 19.9. The van der Waals surface area contributed by atoms with Crippen molar-refractivity contribution in [1.29, 1.82) is 0 Å². The number of aromatic amines is 1. The number of hydrogen-bond donors (Lipinski definition) is 2. The van der Waals surface area contributed by atoms with Gasteiger partial charge in [0.2, 0.25) is 0 Å². The van der Waals surface area contributed by atoms with Crippen LogP contribution in [0.3, 0.4) is 0 Å². The van der Waals surface area contributed by atoms with Gasteiger partial charge in [0.1, 0.15) is 0 Å². The van der Waals surface area contributed by atoms with E-state index in [4.69, 9.17) is 0 Å². The fourth-order valence-corrected chi connectivity index (χ4v) is 4.78. The monoisotopic (exact) mass is 449 g/mol. The largest absolute Gasteiger partial charge is 0.355 e. The highest BCUT2D eigenvalue weighted by molar-refractivity contribution is 6.35. The molecule has 3 aromatic carbocycles. The van der Waals surface area contributed by atoms with Gasteiger partial charge in [0.05, 0.1) is 5.57 Å². The molecule has 0 bridgehead atoms. The van der Waals surface area contributed by atoms with Gasteiger partial charge in [0, 0.05) is 27.8 Å². The van der Waals surface area contributed by atoms with E-state index in [0.29, 0.717) is 5.57 Å². The van der Waals surface area contributed by atoms with Crippen LogP contribution in [0, 0.1) is 0 Å². The molecule has 172 valence electrons. The minimum Gasteiger partial charge on any atom is -0.355 e. The van der Waals surface area contributed by atoms with Crippen LogP contribution in [-0.2, 0) is 11.2 Å². The van der Waals surface area contributed by atoms with Crippen molar-refractivity contribution < 1.29 is 4.79 Å². The van der Waals surface area contributed by atoms with Gasteiger partial charge < -0.3 is 15.2 Å². The first-order chi connectivity index (χ1) is 16.6. The second kappa shape index (κ2) is 9.70. The van der Waals surface area contributed by atoms with E-state index in [9.17, 15) is 4.79 Å². The van der Waals surface area contributed by atoms with Gasteiger partial charge in [0.15, 0.2) is 0 Å². The summed E-state index contributed by atoms with van der Waals surface area (Å²) in [5.41, 5.74) is 8.14. The number of hydrogen-bond acceptors (Lipinski definition) is 2. The highest BCUT2D eigenvalue weighted by Gasteiger charge is 2.24. The third-order valence-corrected chi connectivity index (χ3v) is 6.75. The minimum absolute atomic E-state index is 0.0593. The van der Waals surface area contributed by atoms with Crippen LogP contribution < -0.4 is 5.32 Å². The van der Waals surface area contributed by atoms with Crippen LogP contribution in [0.5, 0.6) is 0 Å². The van der Waals surface area contributed by atoms with Crippen molar-refractivity contribution in [3.63, 3.8) is 0 Å². The van der Waals surface area contributed by atoms with Gasteiger partial charge in [-0.3, -0.25) is 4.79 Å². The molecule has 4 heteroatoms. The number of fused-ring (bicyclic) bond motifs is 2. The van der Waals surface area contributed by atoms with Crippen molar-refractivity contribution in [2.75, 3.05) is 25.0 Å². The average Bonchev–Trinajstić information content (AvgIpc) is 3.41. The van der Waals surface area contributed by atoms with E-state index in [1.165, 1.54) is 10.9 Å². The zero-order valence-electron chi connectivity index (χ0n) is 19.9. The van der Waals surface area contributed by atoms with Gasteiger partial charge in [-0.2, -0.15) is 0 Å². The standard InChI is InChI=1S/C30H31N3O/c1-3-33(4-2)16-8-9-21-12-14-28-24(17-21)18-25(31-28)20-27-26-19-23(22-10-6-5-7-11-22)13-15-29(26)32-30(27)34/h5-7,10-15,17-20,31H,3-4,8-9,16H2,1-2H3,(H,32,34)/b27-20-. The normalized spacial score (nSPS) is 14.2. The molecule has 0 spiro atoms. The molecule has 34 heavy (non-hydrogen) atoms. The van der Waals surface area contributed by atoms with Crippen LogP contribution in [-0.4, -0.2) is 35.4 Å². The number of amides is 1. The highest BCUT2D eigenvalue weighted by atomic mass is 16.2. The number of anilines is 1. The first-order valence-electron chi connectivity index (χ1n) is 12.2. The van der Waals surface area contributed by atoms with Crippen LogP contribution in [0.4, 0.5) is 5.69 Å². The Balaban J connectivity index is 1.40. The summed E-state index contributed by atoms with van der Waals surface area (Å²) in [6, 6.07) is 25.2. The molecular weight excluding hydrogens is 418 g/mol. The molecule has 2 N–H and O–H groups in total. The van der Waals surface area contributed by atoms with Gasteiger partial charge in [-0.15, -0.1) is 0 Å². The Labute approximate surface area is 201 Å². The Morgan fingerprint density at radius 3 is 2.50 bits per heavy atom. The number of aromatic nitrogens is 1. The Morgan fingerprint density at radius 2 is 1.71 bits per heavy atom. The van der Waals surface area contributed by atoms with Crippen molar-refractivity contribution in [2.24, 2.45) is 0 Å². The van der Waals surface area contributed by atoms with Crippen LogP contribution in [0.1, 0.15) is 37.1 Å². The number of H-pyrrole nitrogens is 1. The van der Waals surface area contributed by atoms with Crippen LogP contribution in [0.2, 0.25) is 0 Å².